The number of aromatic nitrogens is 1. The molecule has 44 heavy (non-hydrogen) atoms. The topological polar surface area (TPSA) is 19.0 Å². The van der Waals surface area contributed by atoms with Crippen molar-refractivity contribution in [2.75, 3.05) is 4.90 Å². The first-order chi connectivity index (χ1) is 21.8. The standard InChI is InChI=1S/C42H30N2/c1-4-14-32(15-5-1)41-38-29-34(25-28-39(38)43-42(41)33-16-6-2-7-17-33)30-23-26-36(27-24-30)44(35-19-8-3-9-20-35)40-22-12-18-31-13-10-11-21-37(31)40/h1-29,43H. The quantitative estimate of drug-likeness (QED) is 0.214. The maximum Gasteiger partial charge on any atom is 0.0544 e. The summed E-state index contributed by atoms with van der Waals surface area (Å²) < 4.78 is 0. The van der Waals surface area contributed by atoms with E-state index in [4.69, 9.17) is 0 Å². The van der Waals surface area contributed by atoms with Crippen molar-refractivity contribution in [3.05, 3.63) is 176 Å². The van der Waals surface area contributed by atoms with Crippen LogP contribution in [-0.4, -0.2) is 4.98 Å². The van der Waals surface area contributed by atoms with E-state index >= 15 is 0 Å². The zero-order valence-electron chi connectivity index (χ0n) is 24.2. The van der Waals surface area contributed by atoms with E-state index in [1.807, 2.05) is 0 Å². The van der Waals surface area contributed by atoms with E-state index < -0.39 is 0 Å². The lowest BCUT2D eigenvalue weighted by Crippen LogP contribution is -2.10. The molecule has 0 radical (unpaired) electrons. The van der Waals surface area contributed by atoms with Gasteiger partial charge in [-0.1, -0.05) is 133 Å². The summed E-state index contributed by atoms with van der Waals surface area (Å²) >= 11 is 0. The first-order valence-electron chi connectivity index (χ1n) is 15.0. The van der Waals surface area contributed by atoms with Gasteiger partial charge in [0.15, 0.2) is 0 Å². The molecule has 1 aromatic heterocycles. The highest BCUT2D eigenvalue weighted by Crippen LogP contribution is 2.42. The highest BCUT2D eigenvalue weighted by Gasteiger charge is 2.17. The van der Waals surface area contributed by atoms with Crippen LogP contribution in [0.2, 0.25) is 0 Å². The molecule has 0 aliphatic heterocycles. The van der Waals surface area contributed by atoms with Gasteiger partial charge >= 0.3 is 0 Å². The maximum atomic E-state index is 3.73. The number of rotatable bonds is 6. The van der Waals surface area contributed by atoms with Crippen molar-refractivity contribution < 1.29 is 0 Å². The molecule has 0 atom stereocenters. The second-order valence-corrected chi connectivity index (χ2v) is 11.1. The first-order valence-corrected chi connectivity index (χ1v) is 15.0. The zero-order chi connectivity index (χ0) is 29.3. The fraction of sp³-hybridized carbons (Fsp3) is 0. The van der Waals surface area contributed by atoms with Crippen LogP contribution >= 0.6 is 0 Å². The molecular formula is C42H30N2. The van der Waals surface area contributed by atoms with Crippen molar-refractivity contribution in [2.24, 2.45) is 0 Å². The zero-order valence-corrected chi connectivity index (χ0v) is 24.2. The van der Waals surface area contributed by atoms with Crippen molar-refractivity contribution in [3.8, 4) is 33.5 Å². The minimum Gasteiger partial charge on any atom is -0.354 e. The third kappa shape index (κ3) is 4.63. The second-order valence-electron chi connectivity index (χ2n) is 11.1. The average molecular weight is 563 g/mol. The van der Waals surface area contributed by atoms with Gasteiger partial charge in [0.2, 0.25) is 0 Å². The van der Waals surface area contributed by atoms with E-state index in [1.165, 1.54) is 44.0 Å². The number of nitrogens with one attached hydrogen (secondary N) is 1. The number of benzene rings is 7. The van der Waals surface area contributed by atoms with Crippen LogP contribution in [0.5, 0.6) is 0 Å². The van der Waals surface area contributed by atoms with Gasteiger partial charge < -0.3 is 9.88 Å². The van der Waals surface area contributed by atoms with Crippen LogP contribution in [0.1, 0.15) is 0 Å². The molecule has 7 aromatic carbocycles. The predicted molar refractivity (Wildman–Crippen MR) is 187 cm³/mol. The van der Waals surface area contributed by atoms with Crippen LogP contribution in [-0.2, 0) is 0 Å². The van der Waals surface area contributed by atoms with Gasteiger partial charge in [-0.25, -0.2) is 0 Å². The molecule has 208 valence electrons. The molecule has 8 aromatic rings. The number of anilines is 3. The van der Waals surface area contributed by atoms with Crippen LogP contribution in [0.4, 0.5) is 17.1 Å². The van der Waals surface area contributed by atoms with E-state index in [9.17, 15) is 0 Å². The molecule has 1 N–H and O–H groups in total. The molecule has 2 nitrogen and oxygen atoms in total. The Morgan fingerprint density at radius 1 is 0.386 bits per heavy atom. The normalized spacial score (nSPS) is 11.2. The monoisotopic (exact) mass is 562 g/mol. The lowest BCUT2D eigenvalue weighted by atomic mass is 9.96. The van der Waals surface area contributed by atoms with Gasteiger partial charge in [-0.3, -0.25) is 0 Å². The molecule has 0 saturated heterocycles. The summed E-state index contributed by atoms with van der Waals surface area (Å²) in [6.45, 7) is 0. The van der Waals surface area contributed by atoms with E-state index in [2.05, 4.69) is 186 Å². The third-order valence-corrected chi connectivity index (χ3v) is 8.40. The van der Waals surface area contributed by atoms with Crippen LogP contribution in [0.3, 0.4) is 0 Å². The fourth-order valence-electron chi connectivity index (χ4n) is 6.31. The van der Waals surface area contributed by atoms with Crippen LogP contribution in [0.15, 0.2) is 176 Å². The van der Waals surface area contributed by atoms with Gasteiger partial charge in [0, 0.05) is 33.2 Å². The Labute approximate surface area is 257 Å². The summed E-state index contributed by atoms with van der Waals surface area (Å²) in [4.78, 5) is 6.07. The Morgan fingerprint density at radius 2 is 0.977 bits per heavy atom. The molecule has 0 spiro atoms. The Hall–Kier alpha value is -5.86. The van der Waals surface area contributed by atoms with Gasteiger partial charge in [-0.2, -0.15) is 0 Å². The number of para-hydroxylation sites is 1. The Balaban J connectivity index is 1.24. The summed E-state index contributed by atoms with van der Waals surface area (Å²) in [5, 5.41) is 3.67. The summed E-state index contributed by atoms with van der Waals surface area (Å²) in [7, 11) is 0. The van der Waals surface area contributed by atoms with Gasteiger partial charge in [-0.05, 0) is 70.1 Å². The number of aromatic amines is 1. The molecule has 0 unspecified atom stereocenters. The van der Waals surface area contributed by atoms with Crippen molar-refractivity contribution >= 4 is 38.7 Å². The number of hydrogen-bond acceptors (Lipinski definition) is 1. The summed E-state index contributed by atoms with van der Waals surface area (Å²) in [6.07, 6.45) is 0. The van der Waals surface area contributed by atoms with Crippen molar-refractivity contribution in [1.29, 1.82) is 0 Å². The molecule has 0 bridgehead atoms. The SMILES string of the molecule is c1ccc(-c2[nH]c3ccc(-c4ccc(N(c5ccccc5)c5cccc6ccccc56)cc4)cc3c2-c2ccccc2)cc1. The first kappa shape index (κ1) is 25.8. The molecule has 2 heteroatoms. The van der Waals surface area contributed by atoms with E-state index in [0.717, 1.165) is 28.3 Å². The number of H-pyrrole nitrogens is 1. The lowest BCUT2D eigenvalue weighted by molar-refractivity contribution is 1.30. The molecule has 0 aliphatic rings. The minimum absolute atomic E-state index is 1.12. The number of hydrogen-bond donors (Lipinski definition) is 1. The van der Waals surface area contributed by atoms with Crippen molar-refractivity contribution in [2.45, 2.75) is 0 Å². The molecule has 0 aliphatic carbocycles. The lowest BCUT2D eigenvalue weighted by Gasteiger charge is -2.27. The molecule has 0 fully saturated rings. The molecule has 8 rings (SSSR count). The van der Waals surface area contributed by atoms with Gasteiger partial charge in [-0.15, -0.1) is 0 Å². The largest absolute Gasteiger partial charge is 0.354 e. The fourth-order valence-corrected chi connectivity index (χ4v) is 6.31. The smallest absolute Gasteiger partial charge is 0.0544 e. The van der Waals surface area contributed by atoms with E-state index in [1.54, 1.807) is 0 Å². The van der Waals surface area contributed by atoms with Crippen LogP contribution < -0.4 is 4.90 Å². The highest BCUT2D eigenvalue weighted by atomic mass is 15.1. The Bertz CT molecular complexity index is 2190. The van der Waals surface area contributed by atoms with Crippen molar-refractivity contribution in [1.82, 2.24) is 4.98 Å². The maximum absolute atomic E-state index is 3.73. The molecule has 1 heterocycles. The summed E-state index contributed by atoms with van der Waals surface area (Å²) in [5.41, 5.74) is 11.7. The van der Waals surface area contributed by atoms with Gasteiger partial charge in [0.1, 0.15) is 0 Å². The number of fused-ring (bicyclic) bond motifs is 2. The number of nitrogens with zero attached hydrogens (tertiary/aromatic N) is 1. The Morgan fingerprint density at radius 3 is 1.73 bits per heavy atom. The highest BCUT2D eigenvalue weighted by molar-refractivity contribution is 6.05. The van der Waals surface area contributed by atoms with E-state index in [-0.39, 0.29) is 0 Å². The summed E-state index contributed by atoms with van der Waals surface area (Å²) in [5.74, 6) is 0. The van der Waals surface area contributed by atoms with Gasteiger partial charge in [0.25, 0.3) is 0 Å². The van der Waals surface area contributed by atoms with Crippen LogP contribution in [0.25, 0.3) is 55.2 Å². The molecule has 0 amide bonds. The third-order valence-electron chi connectivity index (χ3n) is 8.40. The van der Waals surface area contributed by atoms with E-state index in [0.29, 0.717) is 0 Å². The second kappa shape index (κ2) is 11.1. The average Bonchev–Trinajstić information content (AvgIpc) is 3.49. The van der Waals surface area contributed by atoms with Crippen molar-refractivity contribution in [3.63, 3.8) is 0 Å². The van der Waals surface area contributed by atoms with Gasteiger partial charge in [0.05, 0.1) is 11.4 Å². The minimum atomic E-state index is 1.12. The molecular weight excluding hydrogens is 532 g/mol. The van der Waals surface area contributed by atoms with Crippen LogP contribution in [0, 0.1) is 0 Å². The Kier molecular flexibility index (Phi) is 6.51. The molecule has 0 saturated carbocycles. The predicted octanol–water partition coefficient (Wildman–Crippen LogP) is 11.8. The summed E-state index contributed by atoms with van der Waals surface area (Å²) in [6, 6.07) is 62.7.